The van der Waals surface area contributed by atoms with Gasteiger partial charge in [-0.15, -0.1) is 0 Å². The summed E-state index contributed by atoms with van der Waals surface area (Å²) in [5.41, 5.74) is 4.02. The maximum absolute atomic E-state index is 12.2. The number of ether oxygens (including phenoxy) is 3. The van der Waals surface area contributed by atoms with Crippen LogP contribution in [0.1, 0.15) is 11.3 Å². The first-order valence-corrected chi connectivity index (χ1v) is 9.47. The molecule has 0 saturated carbocycles. The zero-order valence-corrected chi connectivity index (χ0v) is 16.8. The monoisotopic (exact) mass is 413 g/mol. The molecule has 0 fully saturated rings. The molecular formula is C21H20ClN3O4. The van der Waals surface area contributed by atoms with Gasteiger partial charge in [-0.2, -0.15) is 5.10 Å². The van der Waals surface area contributed by atoms with Crippen molar-refractivity contribution in [1.82, 2.24) is 9.78 Å². The van der Waals surface area contributed by atoms with Gasteiger partial charge in [-0.05, 0) is 48.0 Å². The summed E-state index contributed by atoms with van der Waals surface area (Å²) in [4.78, 5) is 12.2. The molecule has 29 heavy (non-hydrogen) atoms. The second kappa shape index (κ2) is 8.05. The second-order valence-corrected chi connectivity index (χ2v) is 7.05. The SMILES string of the molecule is COc1cc(Cl)ccc1-c1cc(COC(=O)Nc2ccc3c(c2)CCO3)n(C)n1. The van der Waals surface area contributed by atoms with E-state index >= 15 is 0 Å². The summed E-state index contributed by atoms with van der Waals surface area (Å²) < 4.78 is 17.9. The summed E-state index contributed by atoms with van der Waals surface area (Å²) in [7, 11) is 3.38. The third-order valence-electron chi connectivity index (χ3n) is 4.70. The van der Waals surface area contributed by atoms with Crippen LogP contribution in [0.2, 0.25) is 5.02 Å². The number of rotatable bonds is 5. The summed E-state index contributed by atoms with van der Waals surface area (Å²) in [6, 6.07) is 12.8. The molecule has 0 aliphatic carbocycles. The van der Waals surface area contributed by atoms with Crippen LogP contribution in [-0.4, -0.2) is 29.6 Å². The zero-order chi connectivity index (χ0) is 20.4. The molecule has 3 aromatic rings. The lowest BCUT2D eigenvalue weighted by molar-refractivity contribution is 0.152. The molecule has 2 heterocycles. The van der Waals surface area contributed by atoms with Gasteiger partial charge < -0.3 is 14.2 Å². The van der Waals surface area contributed by atoms with Gasteiger partial charge in [-0.25, -0.2) is 4.79 Å². The lowest BCUT2D eigenvalue weighted by atomic mass is 10.1. The number of methoxy groups -OCH3 is 1. The summed E-state index contributed by atoms with van der Waals surface area (Å²) in [6.45, 7) is 0.754. The zero-order valence-electron chi connectivity index (χ0n) is 16.1. The minimum atomic E-state index is -0.532. The maximum atomic E-state index is 12.2. The first-order chi connectivity index (χ1) is 14.0. The molecule has 0 bridgehead atoms. The van der Waals surface area contributed by atoms with Crippen LogP contribution in [0.15, 0.2) is 42.5 Å². The van der Waals surface area contributed by atoms with Crippen molar-refractivity contribution >= 4 is 23.4 Å². The first-order valence-electron chi connectivity index (χ1n) is 9.10. The number of carbonyl (C=O) groups excluding carboxylic acids is 1. The smallest absolute Gasteiger partial charge is 0.412 e. The molecule has 1 N–H and O–H groups in total. The number of carbonyl (C=O) groups is 1. The average Bonchev–Trinajstić information content (AvgIpc) is 3.32. The van der Waals surface area contributed by atoms with Gasteiger partial charge in [0, 0.05) is 29.7 Å². The van der Waals surface area contributed by atoms with Crippen molar-refractivity contribution in [2.45, 2.75) is 13.0 Å². The lowest BCUT2D eigenvalue weighted by Crippen LogP contribution is -2.14. The molecule has 2 aromatic carbocycles. The summed E-state index contributed by atoms with van der Waals surface area (Å²) in [6.07, 6.45) is 0.307. The molecular weight excluding hydrogens is 394 g/mol. The molecule has 4 rings (SSSR count). The highest BCUT2D eigenvalue weighted by Crippen LogP contribution is 2.32. The van der Waals surface area contributed by atoms with Crippen LogP contribution in [-0.2, 0) is 24.8 Å². The Morgan fingerprint density at radius 1 is 1.28 bits per heavy atom. The Morgan fingerprint density at radius 2 is 2.14 bits per heavy atom. The summed E-state index contributed by atoms with van der Waals surface area (Å²) in [5.74, 6) is 1.49. The van der Waals surface area contributed by atoms with Gasteiger partial charge in [0.15, 0.2) is 0 Å². The van der Waals surface area contributed by atoms with Crippen molar-refractivity contribution < 1.29 is 19.0 Å². The molecule has 0 spiro atoms. The molecule has 1 aliphatic rings. The maximum Gasteiger partial charge on any atom is 0.412 e. The Balaban J connectivity index is 1.42. The van der Waals surface area contributed by atoms with E-state index < -0.39 is 6.09 Å². The molecule has 8 heteroatoms. The fourth-order valence-corrected chi connectivity index (χ4v) is 3.37. The summed E-state index contributed by atoms with van der Waals surface area (Å²) >= 11 is 6.02. The molecule has 0 saturated heterocycles. The van der Waals surface area contributed by atoms with E-state index in [1.165, 1.54) is 0 Å². The number of fused-ring (bicyclic) bond motifs is 1. The second-order valence-electron chi connectivity index (χ2n) is 6.61. The Bertz CT molecular complexity index is 1060. The number of hydrogen-bond donors (Lipinski definition) is 1. The number of benzene rings is 2. The number of nitrogens with zero attached hydrogens (tertiary/aromatic N) is 2. The van der Waals surface area contributed by atoms with Gasteiger partial charge in [0.2, 0.25) is 0 Å². The highest BCUT2D eigenvalue weighted by atomic mass is 35.5. The van der Waals surface area contributed by atoms with Crippen LogP contribution >= 0.6 is 11.6 Å². The Morgan fingerprint density at radius 3 is 2.97 bits per heavy atom. The number of halogens is 1. The van der Waals surface area contributed by atoms with E-state index in [-0.39, 0.29) is 6.61 Å². The normalized spacial score (nSPS) is 12.2. The topological polar surface area (TPSA) is 74.6 Å². The van der Waals surface area contributed by atoms with E-state index in [2.05, 4.69) is 10.4 Å². The molecule has 1 aromatic heterocycles. The van der Waals surface area contributed by atoms with Crippen molar-refractivity contribution in [3.63, 3.8) is 0 Å². The average molecular weight is 414 g/mol. The van der Waals surface area contributed by atoms with Gasteiger partial charge >= 0.3 is 6.09 Å². The number of nitrogens with one attached hydrogen (secondary N) is 1. The van der Waals surface area contributed by atoms with E-state index in [4.69, 9.17) is 25.8 Å². The standard InChI is InChI=1S/C21H20ClN3O4/c1-25-16(11-18(24-25)17-5-3-14(22)10-20(17)27-2)12-29-21(26)23-15-4-6-19-13(9-15)7-8-28-19/h3-6,9-11H,7-8,12H2,1-2H3,(H,23,26). The fraction of sp³-hybridized carbons (Fsp3) is 0.238. The van der Waals surface area contributed by atoms with Crippen LogP contribution in [0, 0.1) is 0 Å². The molecule has 1 aliphatic heterocycles. The predicted molar refractivity (Wildman–Crippen MR) is 110 cm³/mol. The Hall–Kier alpha value is -3.19. The Labute approximate surface area is 173 Å². The van der Waals surface area contributed by atoms with Gasteiger partial charge in [0.05, 0.1) is 25.1 Å². The van der Waals surface area contributed by atoms with Crippen molar-refractivity contribution in [1.29, 1.82) is 0 Å². The van der Waals surface area contributed by atoms with E-state index in [1.54, 1.807) is 37.0 Å². The molecule has 0 radical (unpaired) electrons. The molecule has 0 atom stereocenters. The molecule has 0 unspecified atom stereocenters. The van der Waals surface area contributed by atoms with Crippen LogP contribution in [0.3, 0.4) is 0 Å². The van der Waals surface area contributed by atoms with E-state index in [0.717, 1.165) is 29.0 Å². The van der Waals surface area contributed by atoms with Gasteiger partial charge in [0.25, 0.3) is 0 Å². The Kier molecular flexibility index (Phi) is 5.31. The molecule has 1 amide bonds. The quantitative estimate of drug-likeness (QED) is 0.669. The van der Waals surface area contributed by atoms with Gasteiger partial charge in [0.1, 0.15) is 18.1 Å². The largest absolute Gasteiger partial charge is 0.496 e. The number of anilines is 1. The fourth-order valence-electron chi connectivity index (χ4n) is 3.21. The third-order valence-corrected chi connectivity index (χ3v) is 4.94. The first kappa shape index (κ1) is 19.1. The molecule has 150 valence electrons. The minimum Gasteiger partial charge on any atom is -0.496 e. The summed E-state index contributed by atoms with van der Waals surface area (Å²) in [5, 5.41) is 7.81. The lowest BCUT2D eigenvalue weighted by Gasteiger charge is -2.08. The van der Waals surface area contributed by atoms with E-state index in [9.17, 15) is 4.79 Å². The highest BCUT2D eigenvalue weighted by molar-refractivity contribution is 6.30. The van der Waals surface area contributed by atoms with Gasteiger partial charge in [-0.3, -0.25) is 10.00 Å². The van der Waals surface area contributed by atoms with Crippen molar-refractivity contribution in [2.75, 3.05) is 19.0 Å². The number of amides is 1. The number of hydrogen-bond acceptors (Lipinski definition) is 5. The van der Waals surface area contributed by atoms with Crippen molar-refractivity contribution in [3.05, 3.63) is 58.7 Å². The van der Waals surface area contributed by atoms with Crippen LogP contribution in [0.4, 0.5) is 10.5 Å². The highest BCUT2D eigenvalue weighted by Gasteiger charge is 2.15. The van der Waals surface area contributed by atoms with E-state index in [1.807, 2.05) is 24.3 Å². The van der Waals surface area contributed by atoms with Gasteiger partial charge in [-0.1, -0.05) is 11.6 Å². The molecule has 7 nitrogen and oxygen atoms in total. The van der Waals surface area contributed by atoms with Crippen molar-refractivity contribution in [2.24, 2.45) is 7.05 Å². The van der Waals surface area contributed by atoms with Crippen LogP contribution in [0.25, 0.3) is 11.3 Å². The van der Waals surface area contributed by atoms with Crippen LogP contribution < -0.4 is 14.8 Å². The van der Waals surface area contributed by atoms with Crippen LogP contribution in [0.5, 0.6) is 11.5 Å². The number of aromatic nitrogens is 2. The van der Waals surface area contributed by atoms with Crippen molar-refractivity contribution in [3.8, 4) is 22.8 Å². The number of aryl methyl sites for hydroxylation is 1. The minimum absolute atomic E-state index is 0.0826. The predicted octanol–water partition coefficient (Wildman–Crippen LogP) is 4.43. The third kappa shape index (κ3) is 4.14. The van der Waals surface area contributed by atoms with E-state index in [0.29, 0.717) is 28.8 Å².